The second-order valence-electron chi connectivity index (χ2n) is 4.15. The number of hydrogen-bond acceptors (Lipinski definition) is 2. The topological polar surface area (TPSA) is 25.8 Å². The van der Waals surface area contributed by atoms with Gasteiger partial charge in [-0.1, -0.05) is 12.0 Å². The highest BCUT2D eigenvalue weighted by molar-refractivity contribution is 5.61. The second-order valence-corrected chi connectivity index (χ2v) is 4.15. The number of hydrogen-bond donors (Lipinski definition) is 0. The lowest BCUT2D eigenvalue weighted by atomic mass is 9.96. The lowest BCUT2D eigenvalue weighted by molar-refractivity contribution is -0.00608. The van der Waals surface area contributed by atoms with Gasteiger partial charge in [0.25, 0.3) is 5.92 Å². The van der Waals surface area contributed by atoms with Gasteiger partial charge in [-0.25, -0.2) is 18.7 Å². The highest BCUT2D eigenvalue weighted by Crippen LogP contribution is 2.35. The number of alkyl halides is 2. The monoisotopic (exact) mass is 234 g/mol. The largest absolute Gasteiger partial charge is 0.251 e. The van der Waals surface area contributed by atoms with Gasteiger partial charge in [-0.15, -0.1) is 6.42 Å². The molecule has 17 heavy (non-hydrogen) atoms. The minimum absolute atomic E-state index is 0.151. The van der Waals surface area contributed by atoms with Crippen molar-refractivity contribution in [2.45, 2.75) is 32.1 Å². The maximum absolute atomic E-state index is 13.0. The second kappa shape index (κ2) is 4.25. The van der Waals surface area contributed by atoms with Gasteiger partial charge in [0.05, 0.1) is 0 Å². The molecule has 0 spiro atoms. The highest BCUT2D eigenvalue weighted by Gasteiger charge is 2.31. The average Bonchev–Trinajstić information content (AvgIpc) is 2.28. The van der Waals surface area contributed by atoms with Crippen LogP contribution >= 0.6 is 0 Å². The molecule has 1 aromatic heterocycles. The zero-order chi connectivity index (χ0) is 12.5. The molecule has 1 heterocycles. The molecular weight excluding hydrogens is 222 g/mol. The smallest absolute Gasteiger partial charge is 0.234 e. The van der Waals surface area contributed by atoms with Crippen molar-refractivity contribution in [1.29, 1.82) is 0 Å². The number of allylic oxidation sites excluding steroid dienone is 2. The van der Waals surface area contributed by atoms with Crippen molar-refractivity contribution in [1.82, 2.24) is 9.97 Å². The van der Waals surface area contributed by atoms with Gasteiger partial charge in [-0.05, 0) is 25.0 Å². The van der Waals surface area contributed by atoms with E-state index in [0.717, 1.165) is 11.3 Å². The Morgan fingerprint density at radius 1 is 1.41 bits per heavy atom. The Morgan fingerprint density at radius 2 is 2.18 bits per heavy atom. The first-order valence-electron chi connectivity index (χ1n) is 5.40. The number of terminal acetylenes is 1. The fourth-order valence-corrected chi connectivity index (χ4v) is 1.78. The van der Waals surface area contributed by atoms with E-state index in [4.69, 9.17) is 6.42 Å². The SMILES string of the molecule is C#Cc1cc(C)nc(C2=CCC(F)(F)CC2)n1. The fraction of sp³-hybridized carbons (Fsp3) is 0.385. The molecule has 1 aliphatic rings. The molecule has 1 aliphatic carbocycles. The summed E-state index contributed by atoms with van der Waals surface area (Å²) in [7, 11) is 0. The van der Waals surface area contributed by atoms with Gasteiger partial charge < -0.3 is 0 Å². The van der Waals surface area contributed by atoms with Crippen LogP contribution in [0.25, 0.3) is 5.57 Å². The first kappa shape index (κ1) is 11.7. The maximum Gasteiger partial charge on any atom is 0.251 e. The molecule has 0 N–H and O–H groups in total. The fourth-order valence-electron chi connectivity index (χ4n) is 1.78. The number of rotatable bonds is 1. The Balaban J connectivity index is 2.33. The molecule has 0 radical (unpaired) electrons. The summed E-state index contributed by atoms with van der Waals surface area (Å²) in [6.07, 6.45) is 6.69. The van der Waals surface area contributed by atoms with E-state index in [-0.39, 0.29) is 12.8 Å². The van der Waals surface area contributed by atoms with E-state index >= 15 is 0 Å². The zero-order valence-corrected chi connectivity index (χ0v) is 9.50. The van der Waals surface area contributed by atoms with E-state index in [0.29, 0.717) is 17.9 Å². The molecule has 1 aromatic rings. The molecule has 0 saturated carbocycles. The first-order chi connectivity index (χ1) is 8.00. The van der Waals surface area contributed by atoms with Gasteiger partial charge in [0, 0.05) is 18.5 Å². The van der Waals surface area contributed by atoms with Crippen molar-refractivity contribution in [3.05, 3.63) is 29.4 Å². The van der Waals surface area contributed by atoms with Gasteiger partial charge in [-0.2, -0.15) is 0 Å². The Bertz CT molecular complexity index is 513. The summed E-state index contributed by atoms with van der Waals surface area (Å²) in [4.78, 5) is 8.40. The van der Waals surface area contributed by atoms with E-state index in [1.54, 1.807) is 6.07 Å². The summed E-state index contributed by atoms with van der Waals surface area (Å²) in [5, 5.41) is 0. The molecule has 0 aliphatic heterocycles. The summed E-state index contributed by atoms with van der Waals surface area (Å²) in [6.45, 7) is 1.81. The molecule has 2 nitrogen and oxygen atoms in total. The third-order valence-electron chi connectivity index (χ3n) is 2.70. The third-order valence-corrected chi connectivity index (χ3v) is 2.70. The predicted molar refractivity (Wildman–Crippen MR) is 61.5 cm³/mol. The van der Waals surface area contributed by atoms with Crippen LogP contribution in [0.2, 0.25) is 0 Å². The molecule has 88 valence electrons. The molecule has 0 aromatic carbocycles. The zero-order valence-electron chi connectivity index (χ0n) is 9.50. The maximum atomic E-state index is 13.0. The number of aromatic nitrogens is 2. The normalized spacial score (nSPS) is 18.4. The van der Waals surface area contributed by atoms with E-state index in [1.165, 1.54) is 6.08 Å². The Kier molecular flexibility index (Phi) is 2.93. The van der Waals surface area contributed by atoms with Gasteiger partial charge in [-0.3, -0.25) is 0 Å². The van der Waals surface area contributed by atoms with Crippen LogP contribution in [-0.4, -0.2) is 15.9 Å². The lowest BCUT2D eigenvalue weighted by Gasteiger charge is -2.20. The Morgan fingerprint density at radius 3 is 2.76 bits per heavy atom. The van der Waals surface area contributed by atoms with Crippen LogP contribution < -0.4 is 0 Å². The quantitative estimate of drug-likeness (QED) is 0.698. The van der Waals surface area contributed by atoms with Crippen molar-refractivity contribution in [2.75, 3.05) is 0 Å². The van der Waals surface area contributed by atoms with Gasteiger partial charge in [0.1, 0.15) is 5.69 Å². The number of nitrogens with zero attached hydrogens (tertiary/aromatic N) is 2. The van der Waals surface area contributed by atoms with Crippen molar-refractivity contribution >= 4 is 5.57 Å². The summed E-state index contributed by atoms with van der Waals surface area (Å²) in [5.74, 6) is 0.322. The summed E-state index contributed by atoms with van der Waals surface area (Å²) < 4.78 is 26.0. The van der Waals surface area contributed by atoms with Crippen LogP contribution in [0, 0.1) is 19.3 Å². The molecule has 0 atom stereocenters. The van der Waals surface area contributed by atoms with Gasteiger partial charge in [0.2, 0.25) is 0 Å². The highest BCUT2D eigenvalue weighted by atomic mass is 19.3. The Labute approximate surface area is 98.8 Å². The van der Waals surface area contributed by atoms with E-state index in [2.05, 4.69) is 15.9 Å². The molecule has 0 unspecified atom stereocenters. The molecule has 0 bridgehead atoms. The molecule has 0 amide bonds. The van der Waals surface area contributed by atoms with Crippen LogP contribution in [0.5, 0.6) is 0 Å². The average molecular weight is 234 g/mol. The van der Waals surface area contributed by atoms with Crippen molar-refractivity contribution in [2.24, 2.45) is 0 Å². The molecule has 2 rings (SSSR count). The van der Waals surface area contributed by atoms with Gasteiger partial charge >= 0.3 is 0 Å². The minimum Gasteiger partial charge on any atom is -0.234 e. The number of aryl methyl sites for hydroxylation is 1. The molecule has 0 fully saturated rings. The summed E-state index contributed by atoms with van der Waals surface area (Å²) in [5.41, 5.74) is 2.00. The van der Waals surface area contributed by atoms with Gasteiger partial charge in [0.15, 0.2) is 5.82 Å². The summed E-state index contributed by atoms with van der Waals surface area (Å²) in [6, 6.07) is 1.70. The third kappa shape index (κ3) is 2.68. The van der Waals surface area contributed by atoms with Crippen molar-refractivity contribution < 1.29 is 8.78 Å². The lowest BCUT2D eigenvalue weighted by Crippen LogP contribution is -2.18. The van der Waals surface area contributed by atoms with Crippen LogP contribution in [0.4, 0.5) is 8.78 Å². The predicted octanol–water partition coefficient (Wildman–Crippen LogP) is 2.97. The van der Waals surface area contributed by atoms with E-state index in [9.17, 15) is 8.78 Å². The van der Waals surface area contributed by atoms with Crippen molar-refractivity contribution in [3.63, 3.8) is 0 Å². The van der Waals surface area contributed by atoms with Crippen LogP contribution in [0.3, 0.4) is 0 Å². The van der Waals surface area contributed by atoms with Crippen LogP contribution in [-0.2, 0) is 0 Å². The van der Waals surface area contributed by atoms with E-state index in [1.807, 2.05) is 6.92 Å². The Hall–Kier alpha value is -1.76. The van der Waals surface area contributed by atoms with Crippen molar-refractivity contribution in [3.8, 4) is 12.3 Å². The van der Waals surface area contributed by atoms with E-state index < -0.39 is 5.92 Å². The molecule has 0 saturated heterocycles. The molecular formula is C13H12F2N2. The van der Waals surface area contributed by atoms with Crippen LogP contribution in [0.15, 0.2) is 12.1 Å². The number of halogens is 2. The summed E-state index contributed by atoms with van der Waals surface area (Å²) >= 11 is 0. The molecule has 4 heteroatoms. The first-order valence-corrected chi connectivity index (χ1v) is 5.40. The standard InChI is InChI=1S/C13H12F2N2/c1-3-11-8-9(2)16-12(17-11)10-4-6-13(14,15)7-5-10/h1,4,8H,5-7H2,2H3. The minimum atomic E-state index is -2.59. The van der Waals surface area contributed by atoms with Crippen LogP contribution in [0.1, 0.15) is 36.5 Å².